The van der Waals surface area contributed by atoms with E-state index >= 15 is 0 Å². The van der Waals surface area contributed by atoms with E-state index in [2.05, 4.69) is 5.32 Å². The first kappa shape index (κ1) is 13.2. The van der Waals surface area contributed by atoms with E-state index in [9.17, 15) is 9.90 Å². The van der Waals surface area contributed by atoms with E-state index in [-0.39, 0.29) is 23.8 Å². The zero-order valence-electron chi connectivity index (χ0n) is 10.5. The Bertz CT molecular complexity index is 458. The van der Waals surface area contributed by atoms with Crippen molar-refractivity contribution in [3.8, 4) is 0 Å². The molecule has 1 fully saturated rings. The molecule has 4 heteroatoms. The second-order valence-electron chi connectivity index (χ2n) is 4.82. The lowest BCUT2D eigenvalue weighted by atomic mass is 9.77. The van der Waals surface area contributed by atoms with E-state index in [4.69, 9.17) is 12.2 Å². The van der Waals surface area contributed by atoms with Crippen LogP contribution in [0.15, 0.2) is 30.3 Å². The third kappa shape index (κ3) is 2.31. The minimum absolute atomic E-state index is 0.0414. The van der Waals surface area contributed by atoms with Gasteiger partial charge < -0.3 is 10.4 Å². The zero-order valence-corrected chi connectivity index (χ0v) is 11.3. The van der Waals surface area contributed by atoms with Crippen molar-refractivity contribution in [3.63, 3.8) is 0 Å². The number of thiocarbonyl (C=S) groups is 1. The van der Waals surface area contributed by atoms with Gasteiger partial charge in [0, 0.05) is 10.8 Å². The summed E-state index contributed by atoms with van der Waals surface area (Å²) in [5.41, 5.74) is 1.01. The number of carbonyl (C=O) groups excluding carboxylic acids is 1. The first-order valence-corrected chi connectivity index (χ1v) is 6.51. The predicted molar refractivity (Wildman–Crippen MR) is 74.4 cm³/mol. The molecule has 0 spiro atoms. The molecule has 1 heterocycles. The molecule has 4 atom stereocenters. The van der Waals surface area contributed by atoms with Gasteiger partial charge in [0.1, 0.15) is 0 Å². The van der Waals surface area contributed by atoms with Gasteiger partial charge in [-0.25, -0.2) is 0 Å². The Morgan fingerprint density at radius 2 is 1.94 bits per heavy atom. The smallest absolute Gasteiger partial charge is 0.228 e. The van der Waals surface area contributed by atoms with Gasteiger partial charge in [-0.3, -0.25) is 4.79 Å². The number of rotatable bonds is 4. The lowest BCUT2D eigenvalue weighted by Gasteiger charge is -2.42. The summed E-state index contributed by atoms with van der Waals surface area (Å²) < 4.78 is 0. The molecule has 0 unspecified atom stereocenters. The summed E-state index contributed by atoms with van der Waals surface area (Å²) in [7, 11) is 0. The van der Waals surface area contributed by atoms with Gasteiger partial charge in [0.2, 0.25) is 5.91 Å². The number of aliphatic hydroxyl groups excluding tert-OH is 1. The Morgan fingerprint density at radius 1 is 1.33 bits per heavy atom. The number of β-lactam (4-membered cyclic amide) rings is 1. The number of hydrogen-bond donors (Lipinski definition) is 2. The van der Waals surface area contributed by atoms with E-state index in [1.54, 1.807) is 6.92 Å². The van der Waals surface area contributed by atoms with Crippen LogP contribution in [0.1, 0.15) is 19.4 Å². The lowest BCUT2D eigenvalue weighted by Crippen LogP contribution is -2.65. The minimum atomic E-state index is -0.634. The van der Waals surface area contributed by atoms with Gasteiger partial charge in [0.05, 0.1) is 18.1 Å². The van der Waals surface area contributed by atoms with Gasteiger partial charge in [0.15, 0.2) is 0 Å². The van der Waals surface area contributed by atoms with E-state index in [1.807, 2.05) is 37.3 Å². The Hall–Kier alpha value is -1.26. The summed E-state index contributed by atoms with van der Waals surface area (Å²) in [5.74, 6) is -0.390. The maximum atomic E-state index is 11.4. The van der Waals surface area contributed by atoms with Crippen molar-refractivity contribution in [2.75, 3.05) is 0 Å². The summed E-state index contributed by atoms with van der Waals surface area (Å²) in [6.07, 6.45) is -0.634. The second kappa shape index (κ2) is 5.16. The average Bonchev–Trinajstić information content (AvgIpc) is 2.34. The summed E-state index contributed by atoms with van der Waals surface area (Å²) in [5, 5.41) is 12.4. The second-order valence-corrected chi connectivity index (χ2v) is 5.26. The van der Waals surface area contributed by atoms with Crippen LogP contribution in [0.2, 0.25) is 0 Å². The highest BCUT2D eigenvalue weighted by Crippen LogP contribution is 2.28. The Morgan fingerprint density at radius 3 is 2.44 bits per heavy atom. The van der Waals surface area contributed by atoms with Crippen LogP contribution >= 0.6 is 12.2 Å². The van der Waals surface area contributed by atoms with Crippen LogP contribution in [-0.4, -0.2) is 28.0 Å². The molecule has 1 aliphatic rings. The van der Waals surface area contributed by atoms with Crippen LogP contribution in [0.5, 0.6) is 0 Å². The number of hydrogen-bond acceptors (Lipinski definition) is 3. The molecule has 0 bridgehead atoms. The Labute approximate surface area is 112 Å². The molecule has 2 N–H and O–H groups in total. The molecule has 1 aromatic carbocycles. The van der Waals surface area contributed by atoms with Crippen molar-refractivity contribution in [2.45, 2.75) is 26.0 Å². The summed E-state index contributed by atoms with van der Waals surface area (Å²) in [6, 6.07) is 9.71. The normalized spacial score (nSPS) is 25.8. The van der Waals surface area contributed by atoms with Crippen LogP contribution < -0.4 is 5.32 Å². The number of benzene rings is 1. The summed E-state index contributed by atoms with van der Waals surface area (Å²) in [4.78, 5) is 12.3. The molecule has 2 rings (SSSR count). The van der Waals surface area contributed by atoms with Crippen molar-refractivity contribution in [1.82, 2.24) is 5.32 Å². The predicted octanol–water partition coefficient (Wildman–Crippen LogP) is 1.54. The van der Waals surface area contributed by atoms with Crippen molar-refractivity contribution in [2.24, 2.45) is 11.8 Å². The molecule has 1 amide bonds. The van der Waals surface area contributed by atoms with E-state index < -0.39 is 6.10 Å². The molecule has 96 valence electrons. The van der Waals surface area contributed by atoms with Crippen LogP contribution in [0, 0.1) is 11.8 Å². The fourth-order valence-corrected chi connectivity index (χ4v) is 2.68. The highest BCUT2D eigenvalue weighted by atomic mass is 32.1. The summed E-state index contributed by atoms with van der Waals surface area (Å²) in [6.45, 7) is 3.64. The first-order valence-electron chi connectivity index (χ1n) is 6.10. The van der Waals surface area contributed by atoms with Crippen LogP contribution in [0.3, 0.4) is 0 Å². The average molecular weight is 263 g/mol. The number of nitrogens with one attached hydrogen (secondary N) is 1. The number of carbonyl (C=O) groups is 1. The molecule has 1 saturated heterocycles. The van der Waals surface area contributed by atoms with Crippen molar-refractivity contribution >= 4 is 23.0 Å². The number of amides is 1. The van der Waals surface area contributed by atoms with Gasteiger partial charge in [-0.2, -0.15) is 0 Å². The van der Waals surface area contributed by atoms with Gasteiger partial charge in [-0.1, -0.05) is 49.5 Å². The molecular formula is C14H17NO2S. The van der Waals surface area contributed by atoms with Crippen molar-refractivity contribution < 1.29 is 9.90 Å². The van der Waals surface area contributed by atoms with Gasteiger partial charge >= 0.3 is 0 Å². The maximum absolute atomic E-state index is 11.4. The minimum Gasteiger partial charge on any atom is -0.393 e. The van der Waals surface area contributed by atoms with Gasteiger partial charge in [-0.15, -0.1) is 0 Å². The third-order valence-electron chi connectivity index (χ3n) is 3.53. The van der Waals surface area contributed by atoms with Crippen molar-refractivity contribution in [1.29, 1.82) is 0 Å². The summed E-state index contributed by atoms with van der Waals surface area (Å²) >= 11 is 5.46. The van der Waals surface area contributed by atoms with Crippen molar-refractivity contribution in [3.05, 3.63) is 35.9 Å². The molecule has 1 aliphatic heterocycles. The monoisotopic (exact) mass is 263 g/mol. The molecule has 0 aliphatic carbocycles. The molecular weight excluding hydrogens is 246 g/mol. The van der Waals surface area contributed by atoms with E-state index in [1.165, 1.54) is 0 Å². The zero-order chi connectivity index (χ0) is 13.3. The first-order chi connectivity index (χ1) is 8.52. The SMILES string of the molecule is C[C@@H](O)[C@H]1C(=O)N[C@@H]1[C@@H](C)C(=S)c1ccccc1. The molecule has 1 aromatic rings. The van der Waals surface area contributed by atoms with E-state index in [0.29, 0.717) is 0 Å². The van der Waals surface area contributed by atoms with Crippen LogP contribution in [-0.2, 0) is 4.79 Å². The van der Waals surface area contributed by atoms with Crippen LogP contribution in [0.25, 0.3) is 0 Å². The number of aliphatic hydroxyl groups is 1. The molecule has 0 radical (unpaired) electrons. The molecule has 3 nitrogen and oxygen atoms in total. The topological polar surface area (TPSA) is 49.3 Å². The maximum Gasteiger partial charge on any atom is 0.228 e. The Kier molecular flexibility index (Phi) is 3.78. The molecule has 18 heavy (non-hydrogen) atoms. The van der Waals surface area contributed by atoms with Crippen LogP contribution in [0.4, 0.5) is 0 Å². The largest absolute Gasteiger partial charge is 0.393 e. The highest BCUT2D eigenvalue weighted by Gasteiger charge is 2.46. The Balaban J connectivity index is 2.11. The molecule has 0 aromatic heterocycles. The van der Waals surface area contributed by atoms with Gasteiger partial charge in [0.25, 0.3) is 0 Å². The van der Waals surface area contributed by atoms with E-state index in [0.717, 1.165) is 10.4 Å². The standard InChI is InChI=1S/C14H17NO2S/c1-8(12-11(9(2)16)14(17)15-12)13(18)10-6-4-3-5-7-10/h3-9,11-12,16H,1-2H3,(H,15,17)/t8-,9-,11-,12-/m1/s1. The third-order valence-corrected chi connectivity index (χ3v) is 4.14. The van der Waals surface area contributed by atoms with Gasteiger partial charge in [-0.05, 0) is 12.5 Å². The highest BCUT2D eigenvalue weighted by molar-refractivity contribution is 7.80. The quantitative estimate of drug-likeness (QED) is 0.492. The fourth-order valence-electron chi connectivity index (χ4n) is 2.40. The fraction of sp³-hybridized carbons (Fsp3) is 0.429. The molecule has 0 saturated carbocycles. The lowest BCUT2D eigenvalue weighted by molar-refractivity contribution is -0.141.